The summed E-state index contributed by atoms with van der Waals surface area (Å²) in [6.45, 7) is 6.53. The van der Waals surface area contributed by atoms with Gasteiger partial charge in [0, 0.05) is 53.5 Å². The summed E-state index contributed by atoms with van der Waals surface area (Å²) >= 11 is 7.11. The minimum absolute atomic E-state index is 0.586. The van der Waals surface area contributed by atoms with Crippen molar-refractivity contribution in [2.75, 3.05) is 74.7 Å². The molecule has 3 aliphatic heterocycles. The molecule has 5 N–H and O–H groups in total. The molecule has 0 radical (unpaired) electrons. The Morgan fingerprint density at radius 1 is 0.809 bits per heavy atom. The Balaban J connectivity index is 0.000000165. The predicted octanol–water partition coefficient (Wildman–Crippen LogP) is 6.71. The first-order valence-electron chi connectivity index (χ1n) is 16.1. The number of nitrogens with one attached hydrogen (secondary N) is 1. The molecule has 0 amide bonds. The number of thioether (sulfide) groups is 2. The molecule has 1 saturated heterocycles. The van der Waals surface area contributed by atoms with Gasteiger partial charge in [-0.2, -0.15) is 0 Å². The number of hydrogen-bond donors (Lipinski definition) is 3. The lowest BCUT2D eigenvalue weighted by Crippen LogP contribution is -2.45. The molecule has 248 valence electrons. The first kappa shape index (κ1) is 33.9. The van der Waals surface area contributed by atoms with Gasteiger partial charge in [-0.3, -0.25) is 0 Å². The van der Waals surface area contributed by atoms with E-state index in [4.69, 9.17) is 11.5 Å². The highest BCUT2D eigenvalue weighted by Crippen LogP contribution is 2.40. The van der Waals surface area contributed by atoms with Crippen LogP contribution in [0, 0.1) is 0 Å². The number of nitrogens with zero attached hydrogens (tertiary/aromatic N) is 5. The number of nitrogens with two attached hydrogens (primary N) is 2. The van der Waals surface area contributed by atoms with E-state index in [1.165, 1.54) is 34.0 Å². The number of aliphatic imine (C=N–C) groups is 2. The smallest absolute Gasteiger partial charge is 0.141 e. The van der Waals surface area contributed by atoms with Crippen LogP contribution in [0.1, 0.15) is 22.6 Å². The van der Waals surface area contributed by atoms with Crippen LogP contribution in [-0.2, 0) is 0 Å². The van der Waals surface area contributed by atoms with Crippen LogP contribution in [0.15, 0.2) is 91.2 Å². The topological polar surface area (TPSA) is 98.5 Å². The first-order chi connectivity index (χ1) is 22.9. The summed E-state index contributed by atoms with van der Waals surface area (Å²) in [5.74, 6) is 3.49. The van der Waals surface area contributed by atoms with E-state index in [0.29, 0.717) is 17.7 Å². The highest BCUT2D eigenvalue weighted by molar-refractivity contribution is 7.99. The Morgan fingerprint density at radius 3 is 1.96 bits per heavy atom. The van der Waals surface area contributed by atoms with Crippen molar-refractivity contribution >= 4 is 80.6 Å². The summed E-state index contributed by atoms with van der Waals surface area (Å²) in [5.41, 5.74) is 16.8. The fraction of sp³-hybridized carbons (Fsp3) is 0.371. The summed E-state index contributed by atoms with van der Waals surface area (Å²) < 4.78 is 0. The van der Waals surface area contributed by atoms with Crippen LogP contribution in [0.5, 0.6) is 0 Å². The highest BCUT2D eigenvalue weighted by atomic mass is 32.2. The van der Waals surface area contributed by atoms with E-state index >= 15 is 0 Å². The Bertz CT molecular complexity index is 1650. The molecule has 0 spiro atoms. The zero-order chi connectivity index (χ0) is 32.6. The van der Waals surface area contributed by atoms with E-state index < -0.39 is 0 Å². The average Bonchev–Trinajstić information content (AvgIpc) is 3.84. The van der Waals surface area contributed by atoms with Gasteiger partial charge in [0.2, 0.25) is 0 Å². The summed E-state index contributed by atoms with van der Waals surface area (Å²) in [7, 11) is 4.23. The number of amidine groups is 2. The number of anilines is 2. The Kier molecular flexibility index (Phi) is 11.8. The van der Waals surface area contributed by atoms with Crippen molar-refractivity contribution in [3.8, 4) is 0 Å². The van der Waals surface area contributed by atoms with Crippen LogP contribution in [0.2, 0.25) is 0 Å². The van der Waals surface area contributed by atoms with Gasteiger partial charge in [-0.25, -0.2) is 9.98 Å². The number of hydrogen-bond acceptors (Lipinski definition) is 10. The second-order valence-corrected chi connectivity index (χ2v) is 16.1. The molecule has 0 saturated carbocycles. The lowest BCUT2D eigenvalue weighted by atomic mass is 10.0. The SMILES string of the molecule is CN(C)CCN1CCSc2ccc(N=C(N)c3cccs3)cc21.NC(=Nc1ccc2c(c1)N(C1CCNCC1)CCS2)c1cccs1. The van der Waals surface area contributed by atoms with Gasteiger partial charge in [0.25, 0.3) is 0 Å². The molecule has 8 nitrogen and oxygen atoms in total. The summed E-state index contributed by atoms with van der Waals surface area (Å²) in [4.78, 5) is 21.3. The molecule has 7 rings (SSSR count). The van der Waals surface area contributed by atoms with Crippen LogP contribution in [0.3, 0.4) is 0 Å². The molecule has 3 aliphatic rings. The van der Waals surface area contributed by atoms with E-state index in [2.05, 4.69) is 80.5 Å². The largest absolute Gasteiger partial charge is 0.383 e. The molecular formula is C35H44N8S4. The highest BCUT2D eigenvalue weighted by Gasteiger charge is 2.26. The molecule has 1 fully saturated rings. The molecule has 4 aromatic rings. The van der Waals surface area contributed by atoms with Crippen molar-refractivity contribution in [1.29, 1.82) is 0 Å². The zero-order valence-corrected chi connectivity index (χ0v) is 30.4. The van der Waals surface area contributed by atoms with Crippen LogP contribution in [0.25, 0.3) is 0 Å². The monoisotopic (exact) mass is 704 g/mol. The molecule has 2 aromatic carbocycles. The van der Waals surface area contributed by atoms with Gasteiger partial charge in [-0.15, -0.1) is 46.2 Å². The number of piperidine rings is 1. The van der Waals surface area contributed by atoms with Crippen LogP contribution >= 0.6 is 46.2 Å². The standard InChI is InChI=1S/C18H22N4S2.C17H22N4S2/c19-18(17-2-1-10-23-17)21-13-3-4-16-15(12-13)22(9-11-24-16)14-5-7-20-8-6-14;1-20(2)7-8-21-9-11-23-15-6-5-13(12-14(15)21)19-17(18)16-4-3-10-22-16/h1-4,10,12,14,20H,5-9,11H2,(H2,19,21);3-6,10,12H,7-9,11H2,1-2H3,(H2,18,19). The molecule has 12 heteroatoms. The second-order valence-electron chi connectivity index (χ2n) is 11.9. The quantitative estimate of drug-likeness (QED) is 0.138. The molecule has 0 atom stereocenters. The van der Waals surface area contributed by atoms with Crippen LogP contribution in [-0.4, -0.2) is 87.5 Å². The first-order valence-corrected chi connectivity index (χ1v) is 19.8. The lowest BCUT2D eigenvalue weighted by molar-refractivity contribution is 0.413. The van der Waals surface area contributed by atoms with Crippen LogP contribution < -0.4 is 26.6 Å². The van der Waals surface area contributed by atoms with Crippen molar-refractivity contribution in [2.45, 2.75) is 28.7 Å². The number of fused-ring (bicyclic) bond motifs is 2. The van der Waals surface area contributed by atoms with Crippen molar-refractivity contribution in [1.82, 2.24) is 10.2 Å². The van der Waals surface area contributed by atoms with E-state index in [-0.39, 0.29) is 0 Å². The minimum Gasteiger partial charge on any atom is -0.383 e. The maximum Gasteiger partial charge on any atom is 0.141 e. The minimum atomic E-state index is 0.586. The van der Waals surface area contributed by atoms with E-state index in [0.717, 1.165) is 71.9 Å². The van der Waals surface area contributed by atoms with Crippen LogP contribution in [0.4, 0.5) is 22.7 Å². The maximum atomic E-state index is 6.16. The van der Waals surface area contributed by atoms with Crippen molar-refractivity contribution in [3.05, 3.63) is 81.2 Å². The zero-order valence-electron chi connectivity index (χ0n) is 27.1. The summed E-state index contributed by atoms with van der Waals surface area (Å²) in [6, 6.07) is 21.5. The van der Waals surface area contributed by atoms with Gasteiger partial charge in [-0.1, -0.05) is 12.1 Å². The Hall–Kier alpha value is -3.00. The average molecular weight is 705 g/mol. The molecule has 0 aliphatic carbocycles. The molecule has 0 unspecified atom stereocenters. The number of likely N-dealkylation sites (N-methyl/N-ethyl adjacent to an activating group) is 1. The molecule has 0 bridgehead atoms. The normalized spacial score (nSPS) is 17.3. The van der Waals surface area contributed by atoms with Crippen molar-refractivity contribution in [3.63, 3.8) is 0 Å². The predicted molar refractivity (Wildman–Crippen MR) is 208 cm³/mol. The third-order valence-corrected chi connectivity index (χ3v) is 12.2. The van der Waals surface area contributed by atoms with Gasteiger partial charge in [0.05, 0.1) is 32.5 Å². The molecule has 2 aromatic heterocycles. The Labute approximate surface area is 295 Å². The van der Waals surface area contributed by atoms with Gasteiger partial charge in [-0.05, 0) is 99.3 Å². The van der Waals surface area contributed by atoms with Gasteiger partial charge < -0.3 is 31.5 Å². The molecule has 5 heterocycles. The molecular weight excluding hydrogens is 661 g/mol. The number of thiophene rings is 2. The summed E-state index contributed by atoms with van der Waals surface area (Å²) in [6.07, 6.45) is 2.43. The number of benzene rings is 2. The van der Waals surface area contributed by atoms with Crippen molar-refractivity contribution < 1.29 is 0 Å². The third kappa shape index (κ3) is 8.92. The summed E-state index contributed by atoms with van der Waals surface area (Å²) in [5, 5.41) is 7.51. The third-order valence-electron chi connectivity index (χ3n) is 8.36. The fourth-order valence-electron chi connectivity index (χ4n) is 5.91. The van der Waals surface area contributed by atoms with Gasteiger partial charge in [0.1, 0.15) is 11.7 Å². The van der Waals surface area contributed by atoms with Gasteiger partial charge in [0.15, 0.2) is 0 Å². The van der Waals surface area contributed by atoms with Crippen molar-refractivity contribution in [2.24, 2.45) is 21.5 Å². The van der Waals surface area contributed by atoms with E-state index in [9.17, 15) is 0 Å². The molecule has 47 heavy (non-hydrogen) atoms. The second kappa shape index (κ2) is 16.4. The fourth-order valence-corrected chi connectivity index (χ4v) is 9.20. The van der Waals surface area contributed by atoms with E-state index in [1.54, 1.807) is 22.7 Å². The lowest BCUT2D eigenvalue weighted by Gasteiger charge is -2.39. The maximum absolute atomic E-state index is 6.16. The van der Waals surface area contributed by atoms with Gasteiger partial charge >= 0.3 is 0 Å². The Morgan fingerprint density at radius 2 is 1.38 bits per heavy atom. The number of rotatable bonds is 8. The van der Waals surface area contributed by atoms with E-state index in [1.807, 2.05) is 58.5 Å².